The molecule has 0 heterocycles. The van der Waals surface area contributed by atoms with Gasteiger partial charge in [-0.1, -0.05) is 54.1 Å². The molecule has 0 amide bonds. The van der Waals surface area contributed by atoms with E-state index in [4.69, 9.17) is 21.1 Å². The lowest BCUT2D eigenvalue weighted by atomic mass is 10.2. The Morgan fingerprint density at radius 3 is 2.50 bits per heavy atom. The molecule has 3 aromatic rings. The van der Waals surface area contributed by atoms with E-state index >= 15 is 0 Å². The maximum atomic E-state index is 13.5. The van der Waals surface area contributed by atoms with Gasteiger partial charge in [0, 0.05) is 11.6 Å². The number of sulfonamides is 1. The molecule has 0 saturated carbocycles. The van der Waals surface area contributed by atoms with Gasteiger partial charge >= 0.3 is 5.97 Å². The zero-order valence-electron chi connectivity index (χ0n) is 19.0. The highest BCUT2D eigenvalue weighted by molar-refractivity contribution is 7.92. The third-order valence-electron chi connectivity index (χ3n) is 4.89. The maximum absolute atomic E-state index is 13.5. The first-order chi connectivity index (χ1) is 16.3. The molecule has 0 aliphatic heterocycles. The molecular formula is C25H27ClN2O5S. The predicted molar refractivity (Wildman–Crippen MR) is 133 cm³/mol. The second-order valence-corrected chi connectivity index (χ2v) is 9.55. The number of esters is 1. The average Bonchev–Trinajstić information content (AvgIpc) is 2.80. The van der Waals surface area contributed by atoms with E-state index in [2.05, 4.69) is 10.0 Å². The molecular weight excluding hydrogens is 476 g/mol. The summed E-state index contributed by atoms with van der Waals surface area (Å²) in [6.07, 6.45) is 0. The highest BCUT2D eigenvalue weighted by Gasteiger charge is 2.25. The molecule has 2 N–H and O–H groups in total. The van der Waals surface area contributed by atoms with Crippen molar-refractivity contribution in [1.82, 2.24) is 5.32 Å². The second-order valence-electron chi connectivity index (χ2n) is 7.49. The van der Waals surface area contributed by atoms with E-state index in [1.807, 2.05) is 30.3 Å². The van der Waals surface area contributed by atoms with Gasteiger partial charge in [0.1, 0.15) is 17.3 Å². The number of ether oxygens (including phenoxy) is 2. The number of hydrogen-bond acceptors (Lipinski definition) is 6. The zero-order valence-corrected chi connectivity index (χ0v) is 20.6. The third kappa shape index (κ3) is 6.96. The van der Waals surface area contributed by atoms with Gasteiger partial charge in [-0.3, -0.25) is 9.52 Å². The molecule has 3 rings (SSSR count). The quantitative estimate of drug-likeness (QED) is 0.370. The molecule has 0 bridgehead atoms. The van der Waals surface area contributed by atoms with Gasteiger partial charge in [0.15, 0.2) is 0 Å². The van der Waals surface area contributed by atoms with Gasteiger partial charge in [-0.05, 0) is 54.8 Å². The smallest absolute Gasteiger partial charge is 0.319 e. The fourth-order valence-electron chi connectivity index (χ4n) is 3.30. The number of carbonyl (C=O) groups excluding carboxylic acids is 1. The van der Waals surface area contributed by atoms with Crippen LogP contribution in [0, 0.1) is 6.92 Å². The van der Waals surface area contributed by atoms with Gasteiger partial charge in [0.2, 0.25) is 0 Å². The van der Waals surface area contributed by atoms with E-state index < -0.39 is 16.0 Å². The molecule has 3 aromatic carbocycles. The lowest BCUT2D eigenvalue weighted by molar-refractivity contribution is -0.142. The Bertz CT molecular complexity index is 1230. The van der Waals surface area contributed by atoms with E-state index in [0.29, 0.717) is 21.8 Å². The summed E-state index contributed by atoms with van der Waals surface area (Å²) in [5.41, 5.74) is 2.45. The van der Waals surface area contributed by atoms with Crippen molar-refractivity contribution >= 4 is 33.3 Å². The van der Waals surface area contributed by atoms with Crippen LogP contribution in [-0.4, -0.2) is 27.5 Å². The number of halogens is 1. The van der Waals surface area contributed by atoms with Crippen LogP contribution in [0.1, 0.15) is 23.6 Å². The van der Waals surface area contributed by atoms with Crippen LogP contribution in [0.4, 0.5) is 5.69 Å². The molecule has 0 saturated heterocycles. The van der Waals surface area contributed by atoms with E-state index in [0.717, 1.165) is 5.56 Å². The molecule has 0 radical (unpaired) electrons. The van der Waals surface area contributed by atoms with Gasteiger partial charge in [-0.2, -0.15) is 0 Å². The Morgan fingerprint density at radius 2 is 1.79 bits per heavy atom. The Hall–Kier alpha value is -3.07. The van der Waals surface area contributed by atoms with Crippen LogP contribution in [0.2, 0.25) is 5.02 Å². The van der Waals surface area contributed by atoms with Crippen molar-refractivity contribution in [1.29, 1.82) is 0 Å². The predicted octanol–water partition coefficient (Wildman–Crippen LogP) is 4.68. The van der Waals surface area contributed by atoms with E-state index in [1.54, 1.807) is 50.2 Å². The van der Waals surface area contributed by atoms with E-state index in [-0.39, 0.29) is 36.9 Å². The summed E-state index contributed by atoms with van der Waals surface area (Å²) in [5, 5.41) is 3.45. The van der Waals surface area contributed by atoms with Crippen molar-refractivity contribution in [3.63, 3.8) is 0 Å². The lowest BCUT2D eigenvalue weighted by Crippen LogP contribution is -2.26. The van der Waals surface area contributed by atoms with Crippen molar-refractivity contribution < 1.29 is 22.7 Å². The highest BCUT2D eigenvalue weighted by Crippen LogP contribution is 2.31. The maximum Gasteiger partial charge on any atom is 0.319 e. The minimum absolute atomic E-state index is 0.00311. The number of hydrogen-bond donors (Lipinski definition) is 2. The van der Waals surface area contributed by atoms with Crippen molar-refractivity contribution in [2.24, 2.45) is 0 Å². The number of nitrogens with one attached hydrogen (secondary N) is 2. The first-order valence-electron chi connectivity index (χ1n) is 10.7. The van der Waals surface area contributed by atoms with Gasteiger partial charge in [0.25, 0.3) is 10.0 Å². The first kappa shape index (κ1) is 25.6. The van der Waals surface area contributed by atoms with Crippen LogP contribution in [0.3, 0.4) is 0 Å². The van der Waals surface area contributed by atoms with Gasteiger partial charge in [-0.15, -0.1) is 0 Å². The van der Waals surface area contributed by atoms with Crippen LogP contribution in [0.5, 0.6) is 5.75 Å². The Balaban J connectivity index is 1.93. The standard InChI is InChI=1S/C25H27ClN2O5S/c1-3-32-24(29)16-27-15-20-10-7-11-23(33-17-19-8-5-4-6-9-19)25(20)34(30,31)28-22-13-12-21(26)14-18(22)2/h4-14,27-28H,3,15-17H2,1-2H3. The lowest BCUT2D eigenvalue weighted by Gasteiger charge is -2.18. The van der Waals surface area contributed by atoms with Crippen LogP contribution < -0.4 is 14.8 Å². The second kappa shape index (κ2) is 11.9. The molecule has 180 valence electrons. The number of carbonyl (C=O) groups is 1. The fourth-order valence-corrected chi connectivity index (χ4v) is 5.03. The molecule has 0 aliphatic rings. The highest BCUT2D eigenvalue weighted by atomic mass is 35.5. The monoisotopic (exact) mass is 502 g/mol. The van der Waals surface area contributed by atoms with Crippen LogP contribution >= 0.6 is 11.6 Å². The average molecular weight is 503 g/mol. The minimum atomic E-state index is -4.05. The molecule has 0 aliphatic carbocycles. The summed E-state index contributed by atoms with van der Waals surface area (Å²) in [6.45, 7) is 4.03. The van der Waals surface area contributed by atoms with Crippen LogP contribution in [0.25, 0.3) is 0 Å². The number of rotatable bonds is 11. The van der Waals surface area contributed by atoms with Gasteiger partial charge in [0.05, 0.1) is 18.8 Å². The Kier molecular flexibility index (Phi) is 8.92. The summed E-state index contributed by atoms with van der Waals surface area (Å²) in [5.74, 6) is -0.211. The number of benzene rings is 3. The zero-order chi connectivity index (χ0) is 24.6. The minimum Gasteiger partial charge on any atom is -0.487 e. The summed E-state index contributed by atoms with van der Waals surface area (Å²) in [6, 6.07) is 19.4. The van der Waals surface area contributed by atoms with E-state index in [1.165, 1.54) is 0 Å². The Labute approximate surface area is 205 Å². The number of anilines is 1. The summed E-state index contributed by atoms with van der Waals surface area (Å²) in [7, 11) is -4.05. The fraction of sp³-hybridized carbons (Fsp3) is 0.240. The third-order valence-corrected chi connectivity index (χ3v) is 6.61. The summed E-state index contributed by atoms with van der Waals surface area (Å²) < 4.78 is 40.6. The molecule has 0 aromatic heterocycles. The molecule has 0 fully saturated rings. The Morgan fingerprint density at radius 1 is 1.03 bits per heavy atom. The van der Waals surface area contributed by atoms with Crippen LogP contribution in [0.15, 0.2) is 71.6 Å². The van der Waals surface area contributed by atoms with E-state index in [9.17, 15) is 13.2 Å². The first-order valence-corrected chi connectivity index (χ1v) is 12.6. The van der Waals surface area contributed by atoms with Gasteiger partial charge < -0.3 is 14.8 Å². The largest absolute Gasteiger partial charge is 0.487 e. The molecule has 34 heavy (non-hydrogen) atoms. The number of aryl methyl sites for hydroxylation is 1. The molecule has 0 spiro atoms. The topological polar surface area (TPSA) is 93.7 Å². The summed E-state index contributed by atoms with van der Waals surface area (Å²) >= 11 is 6.02. The summed E-state index contributed by atoms with van der Waals surface area (Å²) in [4.78, 5) is 11.7. The SMILES string of the molecule is CCOC(=O)CNCc1cccc(OCc2ccccc2)c1S(=O)(=O)Nc1ccc(Cl)cc1C. The van der Waals surface area contributed by atoms with Crippen molar-refractivity contribution in [3.05, 3.63) is 88.4 Å². The molecule has 0 atom stereocenters. The molecule has 7 nitrogen and oxygen atoms in total. The van der Waals surface area contributed by atoms with Crippen molar-refractivity contribution in [2.75, 3.05) is 17.9 Å². The molecule has 9 heteroatoms. The molecule has 0 unspecified atom stereocenters. The van der Waals surface area contributed by atoms with Crippen molar-refractivity contribution in [3.8, 4) is 5.75 Å². The normalized spacial score (nSPS) is 11.1. The van der Waals surface area contributed by atoms with Gasteiger partial charge in [-0.25, -0.2) is 8.42 Å². The van der Waals surface area contributed by atoms with Crippen LogP contribution in [-0.2, 0) is 32.7 Å². The van der Waals surface area contributed by atoms with Crippen molar-refractivity contribution in [2.45, 2.75) is 31.9 Å².